The summed E-state index contributed by atoms with van der Waals surface area (Å²) < 4.78 is 10.8. The summed E-state index contributed by atoms with van der Waals surface area (Å²) in [5.74, 6) is 0.0964. The highest BCUT2D eigenvalue weighted by atomic mass is 35.5. The van der Waals surface area contributed by atoms with Crippen molar-refractivity contribution in [1.29, 1.82) is 0 Å². The highest BCUT2D eigenvalue weighted by Gasteiger charge is 2.29. The molecule has 2 heterocycles. The van der Waals surface area contributed by atoms with E-state index in [1.807, 2.05) is 0 Å². The van der Waals surface area contributed by atoms with Crippen LogP contribution in [-0.4, -0.2) is 75.0 Å². The lowest BCUT2D eigenvalue weighted by molar-refractivity contribution is -0.122. The normalized spacial score (nSPS) is 24.7. The molecule has 0 saturated carbocycles. The summed E-state index contributed by atoms with van der Waals surface area (Å²) in [7, 11) is 0. The van der Waals surface area contributed by atoms with Crippen LogP contribution in [0.25, 0.3) is 0 Å². The Morgan fingerprint density at radius 3 is 2.73 bits per heavy atom. The quantitative estimate of drug-likeness (QED) is 0.747. The van der Waals surface area contributed by atoms with Gasteiger partial charge in [-0.25, -0.2) is 0 Å². The number of hydrogen-bond donors (Lipinski definition) is 2. The fourth-order valence-corrected chi connectivity index (χ4v) is 2.68. The lowest BCUT2D eigenvalue weighted by atomic mass is 10.0. The molecular weight excluding hydrogens is 329 g/mol. The molecule has 0 aromatic heterocycles. The molecule has 2 N–H and O–H groups in total. The van der Waals surface area contributed by atoms with Crippen molar-refractivity contribution in [3.8, 4) is 0 Å². The average molecular weight is 358 g/mol. The van der Waals surface area contributed by atoms with Crippen LogP contribution in [0.3, 0.4) is 0 Å². The van der Waals surface area contributed by atoms with E-state index in [-0.39, 0.29) is 42.3 Å². The molecule has 22 heavy (non-hydrogen) atoms. The SMILES string of the molecule is CC1(C)COCCN1CCNC(=O)CC1COCCN1.Cl.Cl. The topological polar surface area (TPSA) is 62.8 Å². The Hall–Kier alpha value is -0.110. The predicted octanol–water partition coefficient (Wildman–Crippen LogP) is 0.436. The Bertz CT molecular complexity index is 326. The van der Waals surface area contributed by atoms with E-state index in [0.717, 1.165) is 39.5 Å². The van der Waals surface area contributed by atoms with Crippen molar-refractivity contribution in [1.82, 2.24) is 15.5 Å². The van der Waals surface area contributed by atoms with Crippen molar-refractivity contribution in [3.05, 3.63) is 0 Å². The van der Waals surface area contributed by atoms with Crippen molar-refractivity contribution >= 4 is 30.7 Å². The molecule has 0 aromatic rings. The van der Waals surface area contributed by atoms with Crippen LogP contribution in [0.5, 0.6) is 0 Å². The molecule has 0 spiro atoms. The fourth-order valence-electron chi connectivity index (χ4n) is 2.68. The van der Waals surface area contributed by atoms with Crippen LogP contribution in [0.15, 0.2) is 0 Å². The molecule has 6 nitrogen and oxygen atoms in total. The second-order valence-corrected chi connectivity index (χ2v) is 6.13. The van der Waals surface area contributed by atoms with Crippen LogP contribution in [0.1, 0.15) is 20.3 Å². The average Bonchev–Trinajstić information content (AvgIpc) is 2.41. The zero-order valence-corrected chi connectivity index (χ0v) is 15.1. The van der Waals surface area contributed by atoms with E-state index in [0.29, 0.717) is 19.6 Å². The van der Waals surface area contributed by atoms with Crippen molar-refractivity contribution in [2.45, 2.75) is 31.8 Å². The summed E-state index contributed by atoms with van der Waals surface area (Å²) in [5, 5.41) is 6.29. The zero-order chi connectivity index (χ0) is 14.4. The molecule has 1 unspecified atom stereocenters. The molecule has 2 saturated heterocycles. The predicted molar refractivity (Wildman–Crippen MR) is 91.2 cm³/mol. The highest BCUT2D eigenvalue weighted by Crippen LogP contribution is 2.17. The first-order valence-electron chi connectivity index (χ1n) is 7.48. The number of rotatable bonds is 5. The summed E-state index contributed by atoms with van der Waals surface area (Å²) in [6.45, 7) is 10.6. The maximum Gasteiger partial charge on any atom is 0.221 e. The Kier molecular flexibility index (Phi) is 10.6. The van der Waals surface area contributed by atoms with Gasteiger partial charge in [0.05, 0.1) is 26.4 Å². The maximum absolute atomic E-state index is 11.9. The van der Waals surface area contributed by atoms with Crippen LogP contribution in [0.4, 0.5) is 0 Å². The van der Waals surface area contributed by atoms with Gasteiger partial charge in [-0.2, -0.15) is 0 Å². The number of ether oxygens (including phenoxy) is 2. The van der Waals surface area contributed by atoms with E-state index in [2.05, 4.69) is 29.4 Å². The van der Waals surface area contributed by atoms with Gasteiger partial charge in [-0.1, -0.05) is 0 Å². The number of hydrogen-bond acceptors (Lipinski definition) is 5. The number of halogens is 2. The molecule has 2 rings (SSSR count). The zero-order valence-electron chi connectivity index (χ0n) is 13.4. The van der Waals surface area contributed by atoms with Crippen LogP contribution in [0.2, 0.25) is 0 Å². The van der Waals surface area contributed by atoms with E-state index in [1.165, 1.54) is 0 Å². The number of nitrogens with zero attached hydrogens (tertiary/aromatic N) is 1. The first-order valence-corrected chi connectivity index (χ1v) is 7.48. The standard InChI is InChI=1S/C14H27N3O3.2ClH/c1-14(2)11-20-8-6-17(14)5-3-16-13(18)9-12-10-19-7-4-15-12;;/h12,15H,3-11H2,1-2H3,(H,16,18);2*1H. The minimum atomic E-state index is 0. The summed E-state index contributed by atoms with van der Waals surface area (Å²) in [6, 6.07) is 0.156. The molecule has 2 aliphatic heterocycles. The molecule has 132 valence electrons. The highest BCUT2D eigenvalue weighted by molar-refractivity contribution is 5.85. The first kappa shape index (κ1) is 21.9. The summed E-state index contributed by atoms with van der Waals surface area (Å²) in [4.78, 5) is 14.2. The van der Waals surface area contributed by atoms with Gasteiger partial charge >= 0.3 is 0 Å². The number of amides is 1. The molecule has 0 aliphatic carbocycles. The van der Waals surface area contributed by atoms with E-state index in [1.54, 1.807) is 0 Å². The summed E-state index contributed by atoms with van der Waals surface area (Å²) >= 11 is 0. The number of morpholine rings is 2. The van der Waals surface area contributed by atoms with Gasteiger partial charge in [-0.15, -0.1) is 24.8 Å². The Balaban J connectivity index is 0.00000220. The van der Waals surface area contributed by atoms with E-state index in [4.69, 9.17) is 9.47 Å². The molecule has 0 aromatic carbocycles. The van der Waals surface area contributed by atoms with Crippen LogP contribution >= 0.6 is 24.8 Å². The number of carbonyl (C=O) groups is 1. The van der Waals surface area contributed by atoms with Crippen molar-refractivity contribution in [2.75, 3.05) is 52.6 Å². The van der Waals surface area contributed by atoms with E-state index in [9.17, 15) is 4.79 Å². The maximum atomic E-state index is 11.9. The third-order valence-corrected chi connectivity index (χ3v) is 3.95. The Labute approximate surface area is 145 Å². The minimum absolute atomic E-state index is 0. The monoisotopic (exact) mass is 357 g/mol. The van der Waals surface area contributed by atoms with Gasteiger partial charge in [-0.05, 0) is 13.8 Å². The van der Waals surface area contributed by atoms with Crippen molar-refractivity contribution in [3.63, 3.8) is 0 Å². The lowest BCUT2D eigenvalue weighted by Gasteiger charge is -2.42. The number of carbonyl (C=O) groups excluding carboxylic acids is 1. The van der Waals surface area contributed by atoms with Gasteiger partial charge in [0.2, 0.25) is 5.91 Å². The molecule has 0 bridgehead atoms. The second-order valence-electron chi connectivity index (χ2n) is 6.13. The Morgan fingerprint density at radius 2 is 2.09 bits per heavy atom. The third kappa shape index (κ3) is 6.98. The third-order valence-electron chi connectivity index (χ3n) is 3.95. The van der Waals surface area contributed by atoms with E-state index >= 15 is 0 Å². The van der Waals surface area contributed by atoms with E-state index < -0.39 is 0 Å². The minimum Gasteiger partial charge on any atom is -0.378 e. The van der Waals surface area contributed by atoms with Gasteiger partial charge < -0.3 is 20.1 Å². The van der Waals surface area contributed by atoms with Crippen LogP contribution in [0, 0.1) is 0 Å². The molecule has 8 heteroatoms. The summed E-state index contributed by atoms with van der Waals surface area (Å²) in [5.41, 5.74) is 0.0573. The fraction of sp³-hybridized carbons (Fsp3) is 0.929. The van der Waals surface area contributed by atoms with Gasteiger partial charge in [0, 0.05) is 44.2 Å². The molecule has 1 amide bonds. The molecule has 0 radical (unpaired) electrons. The van der Waals surface area contributed by atoms with Gasteiger partial charge in [0.25, 0.3) is 0 Å². The lowest BCUT2D eigenvalue weighted by Crippen LogP contribution is -2.55. The van der Waals surface area contributed by atoms with Crippen LogP contribution < -0.4 is 10.6 Å². The first-order chi connectivity index (χ1) is 9.58. The smallest absolute Gasteiger partial charge is 0.221 e. The van der Waals surface area contributed by atoms with Crippen molar-refractivity contribution < 1.29 is 14.3 Å². The molecule has 1 atom stereocenters. The largest absolute Gasteiger partial charge is 0.378 e. The second kappa shape index (κ2) is 10.6. The van der Waals surface area contributed by atoms with Gasteiger partial charge in [0.15, 0.2) is 0 Å². The van der Waals surface area contributed by atoms with Crippen molar-refractivity contribution in [2.24, 2.45) is 0 Å². The Morgan fingerprint density at radius 1 is 1.32 bits per heavy atom. The summed E-state index contributed by atoms with van der Waals surface area (Å²) in [6.07, 6.45) is 0.493. The number of nitrogens with one attached hydrogen (secondary N) is 2. The molecular formula is C14H29Cl2N3O3. The van der Waals surface area contributed by atoms with Gasteiger partial charge in [-0.3, -0.25) is 9.69 Å². The van der Waals surface area contributed by atoms with Gasteiger partial charge in [0.1, 0.15) is 0 Å². The molecule has 2 aliphatic rings. The molecule has 2 fully saturated rings. The van der Waals surface area contributed by atoms with Crippen LogP contribution in [-0.2, 0) is 14.3 Å².